The number of aliphatic imine (C=N–C) groups is 1. The van der Waals surface area contributed by atoms with Crippen LogP contribution in [0.25, 0.3) is 0 Å². The second kappa shape index (κ2) is 7.59. The van der Waals surface area contributed by atoms with E-state index in [0.717, 1.165) is 38.6 Å². The van der Waals surface area contributed by atoms with Crippen LogP contribution in [0.3, 0.4) is 0 Å². The van der Waals surface area contributed by atoms with Crippen LogP contribution >= 0.6 is 0 Å². The number of rotatable bonds is 4. The largest absolute Gasteiger partial charge is 0.373 e. The van der Waals surface area contributed by atoms with E-state index in [1.54, 1.807) is 0 Å². The Kier molecular flexibility index (Phi) is 5.61. The van der Waals surface area contributed by atoms with Gasteiger partial charge in [0, 0.05) is 43.1 Å². The summed E-state index contributed by atoms with van der Waals surface area (Å²) in [5.41, 5.74) is 1.71. The predicted octanol–water partition coefficient (Wildman–Crippen LogP) is 4.24. The van der Waals surface area contributed by atoms with Gasteiger partial charge in [-0.25, -0.2) is 0 Å². The van der Waals surface area contributed by atoms with Gasteiger partial charge in [0.05, 0.1) is 6.10 Å². The lowest BCUT2D eigenvalue weighted by Gasteiger charge is -2.62. The van der Waals surface area contributed by atoms with Crippen molar-refractivity contribution in [2.75, 3.05) is 26.2 Å². The van der Waals surface area contributed by atoms with Crippen LogP contribution < -0.4 is 5.32 Å². The average Bonchev–Trinajstić information content (AvgIpc) is 2.64. The first-order chi connectivity index (χ1) is 12.4. The van der Waals surface area contributed by atoms with Gasteiger partial charge in [-0.1, -0.05) is 44.2 Å². The van der Waals surface area contributed by atoms with Crippen LogP contribution in [0.4, 0.5) is 0 Å². The van der Waals surface area contributed by atoms with Crippen molar-refractivity contribution in [2.45, 2.75) is 59.1 Å². The molecule has 2 atom stereocenters. The summed E-state index contributed by atoms with van der Waals surface area (Å²) < 4.78 is 6.14. The minimum Gasteiger partial charge on any atom is -0.373 e. The van der Waals surface area contributed by atoms with E-state index in [-0.39, 0.29) is 11.6 Å². The molecule has 0 spiro atoms. The van der Waals surface area contributed by atoms with Gasteiger partial charge in [-0.3, -0.25) is 4.99 Å². The Labute approximate surface area is 159 Å². The minimum atomic E-state index is 0.121. The highest BCUT2D eigenvalue weighted by molar-refractivity contribution is 5.82. The lowest BCUT2D eigenvalue weighted by Crippen LogP contribution is -2.72. The molecule has 3 rings (SSSR count). The van der Waals surface area contributed by atoms with Gasteiger partial charge in [0.25, 0.3) is 0 Å². The molecule has 1 aromatic carbocycles. The maximum atomic E-state index is 6.14. The average molecular weight is 358 g/mol. The first-order valence-electron chi connectivity index (χ1n) is 10.1. The summed E-state index contributed by atoms with van der Waals surface area (Å²) in [6, 6.07) is 10.6. The van der Waals surface area contributed by atoms with E-state index in [1.165, 1.54) is 12.0 Å². The molecular formula is C22H35N3O. The van der Waals surface area contributed by atoms with Crippen LogP contribution in [0.1, 0.15) is 59.1 Å². The molecule has 0 aromatic heterocycles. The van der Waals surface area contributed by atoms with Crippen LogP contribution in [0.5, 0.6) is 0 Å². The summed E-state index contributed by atoms with van der Waals surface area (Å²) in [6.07, 6.45) is 2.47. The molecule has 1 N–H and O–H groups in total. The molecule has 0 aliphatic carbocycles. The third kappa shape index (κ3) is 3.62. The zero-order valence-corrected chi connectivity index (χ0v) is 17.1. The molecule has 144 valence electrons. The van der Waals surface area contributed by atoms with Gasteiger partial charge in [-0.05, 0) is 39.2 Å². The lowest BCUT2D eigenvalue weighted by molar-refractivity contribution is -0.0671. The summed E-state index contributed by atoms with van der Waals surface area (Å²) in [7, 11) is 0. The van der Waals surface area contributed by atoms with Gasteiger partial charge >= 0.3 is 0 Å². The van der Waals surface area contributed by atoms with E-state index in [0.29, 0.717) is 11.3 Å². The number of nitrogens with one attached hydrogen (secondary N) is 1. The quantitative estimate of drug-likeness (QED) is 0.647. The molecular weight excluding hydrogens is 322 g/mol. The lowest BCUT2D eigenvalue weighted by atomic mass is 9.65. The fourth-order valence-corrected chi connectivity index (χ4v) is 4.04. The normalized spacial score (nSPS) is 27.7. The molecule has 2 aliphatic heterocycles. The molecule has 1 aromatic rings. The van der Waals surface area contributed by atoms with E-state index in [1.807, 2.05) is 0 Å². The molecule has 2 heterocycles. The van der Waals surface area contributed by atoms with Gasteiger partial charge < -0.3 is 15.0 Å². The fraction of sp³-hybridized carbons (Fsp3) is 0.682. The SMILES string of the molecule is CCNC(=NCC1CCCOC1c1ccccc1)N1CC(C)(C)C1(C)C. The van der Waals surface area contributed by atoms with Gasteiger partial charge in [0.15, 0.2) is 5.96 Å². The van der Waals surface area contributed by atoms with E-state index in [2.05, 4.69) is 75.2 Å². The van der Waals surface area contributed by atoms with Gasteiger partial charge in [-0.15, -0.1) is 0 Å². The van der Waals surface area contributed by atoms with Crippen molar-refractivity contribution >= 4 is 5.96 Å². The number of hydrogen-bond donors (Lipinski definition) is 1. The highest BCUT2D eigenvalue weighted by Gasteiger charge is 2.53. The van der Waals surface area contributed by atoms with Crippen LogP contribution in [0, 0.1) is 11.3 Å². The molecule has 0 bridgehead atoms. The second-order valence-electron chi connectivity index (χ2n) is 8.83. The molecule has 4 heteroatoms. The minimum absolute atomic E-state index is 0.121. The van der Waals surface area contributed by atoms with E-state index >= 15 is 0 Å². The van der Waals surface area contributed by atoms with Crippen LogP contribution in [-0.2, 0) is 4.74 Å². The molecule has 2 unspecified atom stereocenters. The van der Waals surface area contributed by atoms with Crippen LogP contribution in [0.2, 0.25) is 0 Å². The molecule has 2 fully saturated rings. The summed E-state index contributed by atoms with van der Waals surface area (Å²) in [5.74, 6) is 1.49. The number of nitrogens with zero attached hydrogens (tertiary/aromatic N) is 2. The molecule has 0 amide bonds. The Morgan fingerprint density at radius 2 is 1.96 bits per heavy atom. The monoisotopic (exact) mass is 357 g/mol. The second-order valence-corrected chi connectivity index (χ2v) is 8.83. The van der Waals surface area contributed by atoms with E-state index in [9.17, 15) is 0 Å². The third-order valence-electron chi connectivity index (χ3n) is 6.52. The standard InChI is InChI=1S/C22H35N3O/c1-6-23-20(25-16-21(2,3)22(25,4)5)24-15-18-13-10-14-26-19(18)17-11-8-7-9-12-17/h7-9,11-12,18-19H,6,10,13-16H2,1-5H3,(H,23,24). The Balaban J connectivity index is 1.74. The maximum absolute atomic E-state index is 6.14. The summed E-state index contributed by atoms with van der Waals surface area (Å²) >= 11 is 0. The molecule has 0 saturated carbocycles. The number of guanidine groups is 1. The topological polar surface area (TPSA) is 36.9 Å². The number of benzene rings is 1. The maximum Gasteiger partial charge on any atom is 0.194 e. The van der Waals surface area contributed by atoms with Gasteiger partial charge in [-0.2, -0.15) is 0 Å². The first kappa shape index (κ1) is 19.2. The Morgan fingerprint density at radius 1 is 1.23 bits per heavy atom. The predicted molar refractivity (Wildman–Crippen MR) is 108 cm³/mol. The molecule has 4 nitrogen and oxygen atoms in total. The van der Waals surface area contributed by atoms with Crippen LogP contribution in [-0.4, -0.2) is 42.6 Å². The van der Waals surface area contributed by atoms with Crippen LogP contribution in [0.15, 0.2) is 35.3 Å². The van der Waals surface area contributed by atoms with Crippen molar-refractivity contribution in [1.82, 2.24) is 10.2 Å². The molecule has 2 aliphatic rings. The summed E-state index contributed by atoms with van der Waals surface area (Å²) in [5, 5.41) is 3.51. The molecule has 26 heavy (non-hydrogen) atoms. The van der Waals surface area contributed by atoms with Gasteiger partial charge in [0.1, 0.15) is 0 Å². The van der Waals surface area contributed by atoms with Crippen molar-refractivity contribution in [3.63, 3.8) is 0 Å². The fourth-order valence-electron chi connectivity index (χ4n) is 4.04. The third-order valence-corrected chi connectivity index (χ3v) is 6.52. The zero-order valence-electron chi connectivity index (χ0n) is 17.1. The van der Waals surface area contributed by atoms with Crippen molar-refractivity contribution in [3.05, 3.63) is 35.9 Å². The highest BCUT2D eigenvalue weighted by Crippen LogP contribution is 2.46. The van der Waals surface area contributed by atoms with Crippen molar-refractivity contribution in [1.29, 1.82) is 0 Å². The highest BCUT2D eigenvalue weighted by atomic mass is 16.5. The zero-order chi connectivity index (χ0) is 18.8. The van der Waals surface area contributed by atoms with Crippen molar-refractivity contribution < 1.29 is 4.74 Å². The summed E-state index contributed by atoms with van der Waals surface area (Å²) in [6.45, 7) is 15.1. The summed E-state index contributed by atoms with van der Waals surface area (Å²) in [4.78, 5) is 7.48. The first-order valence-corrected chi connectivity index (χ1v) is 10.1. The number of likely N-dealkylation sites (tertiary alicyclic amines) is 1. The number of hydrogen-bond acceptors (Lipinski definition) is 2. The van der Waals surface area contributed by atoms with Crippen molar-refractivity contribution in [3.8, 4) is 0 Å². The Morgan fingerprint density at radius 3 is 2.58 bits per heavy atom. The van der Waals surface area contributed by atoms with Crippen molar-refractivity contribution in [2.24, 2.45) is 16.3 Å². The smallest absolute Gasteiger partial charge is 0.194 e. The Bertz CT molecular complexity index is 624. The van der Waals surface area contributed by atoms with E-state index in [4.69, 9.17) is 9.73 Å². The number of ether oxygens (including phenoxy) is 1. The Hall–Kier alpha value is -1.55. The van der Waals surface area contributed by atoms with E-state index < -0.39 is 0 Å². The molecule has 2 saturated heterocycles. The van der Waals surface area contributed by atoms with Gasteiger partial charge in [0.2, 0.25) is 0 Å². The molecule has 0 radical (unpaired) electrons.